The minimum Gasteiger partial charge on any atom is -0.382 e. The van der Waals surface area contributed by atoms with Gasteiger partial charge < -0.3 is 44.0 Å². The standard InChI is InChI=1S/C36H58N6O7/c1-4-5-6-33-39-34-30-27-29(7-8-31(30)38-36(37)35(34)40-33)42-12-10-41(11-13-42)14-16-45-18-20-47-22-24-49-26-25-48-23-21-46-19-17-44-15-9-32(43)28(2)3/h7-8,27-28H,4-6,9-26H2,1-3H3,(H2,37,38)(H,39,40). The van der Waals surface area contributed by atoms with Gasteiger partial charge >= 0.3 is 0 Å². The maximum Gasteiger partial charge on any atom is 0.152 e. The third kappa shape index (κ3) is 13.4. The Balaban J connectivity index is 0.963. The van der Waals surface area contributed by atoms with Crippen LogP contribution in [0.25, 0.3) is 21.9 Å². The first-order valence-electron chi connectivity index (χ1n) is 18.0. The van der Waals surface area contributed by atoms with E-state index >= 15 is 0 Å². The molecule has 1 fully saturated rings. The second-order valence-electron chi connectivity index (χ2n) is 12.6. The van der Waals surface area contributed by atoms with Crippen LogP contribution in [0.2, 0.25) is 0 Å². The van der Waals surface area contributed by atoms with Crippen LogP contribution in [0.5, 0.6) is 0 Å². The van der Waals surface area contributed by atoms with Crippen LogP contribution in [0.4, 0.5) is 11.5 Å². The molecular formula is C36H58N6O7. The maximum atomic E-state index is 11.5. The molecule has 1 aliphatic heterocycles. The number of imidazole rings is 1. The fourth-order valence-corrected chi connectivity index (χ4v) is 5.55. The fraction of sp³-hybridized carbons (Fsp3) is 0.694. The number of ether oxygens (including phenoxy) is 6. The van der Waals surface area contributed by atoms with Gasteiger partial charge in [-0.05, 0) is 24.6 Å². The van der Waals surface area contributed by atoms with Gasteiger partial charge in [-0.1, -0.05) is 27.2 Å². The van der Waals surface area contributed by atoms with E-state index in [-0.39, 0.29) is 11.7 Å². The lowest BCUT2D eigenvalue weighted by molar-refractivity contribution is -0.123. The molecule has 3 aromatic rings. The van der Waals surface area contributed by atoms with E-state index in [1.54, 1.807) is 0 Å². The summed E-state index contributed by atoms with van der Waals surface area (Å²) in [6.07, 6.45) is 3.59. The second-order valence-corrected chi connectivity index (χ2v) is 12.6. The van der Waals surface area contributed by atoms with Gasteiger partial charge in [0, 0.05) is 62.6 Å². The highest BCUT2D eigenvalue weighted by atomic mass is 16.6. The normalized spacial score (nSPS) is 14.2. The first-order valence-corrected chi connectivity index (χ1v) is 18.0. The lowest BCUT2D eigenvalue weighted by atomic mass is 10.1. The molecule has 0 saturated carbocycles. The summed E-state index contributed by atoms with van der Waals surface area (Å²) in [7, 11) is 0. The molecule has 0 atom stereocenters. The smallest absolute Gasteiger partial charge is 0.152 e. The predicted octanol–water partition coefficient (Wildman–Crippen LogP) is 3.87. The zero-order valence-electron chi connectivity index (χ0n) is 29.9. The molecular weight excluding hydrogens is 628 g/mol. The number of Topliss-reactive ketones (excluding diaryl/α,β-unsaturated/α-hetero) is 1. The molecule has 3 heterocycles. The molecule has 0 radical (unpaired) electrons. The van der Waals surface area contributed by atoms with E-state index in [0.717, 1.165) is 79.7 Å². The number of aryl methyl sites for hydroxylation is 1. The van der Waals surface area contributed by atoms with Crippen molar-refractivity contribution in [2.75, 3.05) is 123 Å². The molecule has 3 N–H and O–H groups in total. The number of nitrogen functional groups attached to an aromatic ring is 1. The first kappa shape index (κ1) is 38.9. The van der Waals surface area contributed by atoms with Crippen molar-refractivity contribution < 1.29 is 33.2 Å². The number of aromatic amines is 1. The molecule has 13 nitrogen and oxygen atoms in total. The number of fused-ring (bicyclic) bond motifs is 3. The van der Waals surface area contributed by atoms with Crippen LogP contribution >= 0.6 is 0 Å². The molecule has 274 valence electrons. The van der Waals surface area contributed by atoms with Gasteiger partial charge in [0.05, 0.1) is 90.3 Å². The van der Waals surface area contributed by atoms with Gasteiger partial charge in [-0.15, -0.1) is 0 Å². The zero-order valence-corrected chi connectivity index (χ0v) is 29.9. The van der Waals surface area contributed by atoms with Gasteiger partial charge in [0.25, 0.3) is 0 Å². The van der Waals surface area contributed by atoms with E-state index in [1.165, 1.54) is 5.69 Å². The Morgan fingerprint density at radius 1 is 0.816 bits per heavy atom. The number of piperazine rings is 1. The van der Waals surface area contributed by atoms with Crippen LogP contribution < -0.4 is 10.6 Å². The summed E-state index contributed by atoms with van der Waals surface area (Å²) in [4.78, 5) is 29.3. The number of ketones is 1. The van der Waals surface area contributed by atoms with Crippen LogP contribution in [0.1, 0.15) is 45.9 Å². The maximum absolute atomic E-state index is 11.5. The number of H-pyrrole nitrogens is 1. The van der Waals surface area contributed by atoms with Crippen molar-refractivity contribution in [2.24, 2.45) is 5.92 Å². The van der Waals surface area contributed by atoms with Crippen molar-refractivity contribution in [2.45, 2.75) is 46.5 Å². The monoisotopic (exact) mass is 686 g/mol. The molecule has 0 spiro atoms. The van der Waals surface area contributed by atoms with E-state index < -0.39 is 0 Å². The molecule has 1 aromatic carbocycles. The molecule has 0 bridgehead atoms. The molecule has 0 aliphatic carbocycles. The van der Waals surface area contributed by atoms with Crippen molar-refractivity contribution in [3.63, 3.8) is 0 Å². The van der Waals surface area contributed by atoms with Gasteiger partial charge in [0.15, 0.2) is 5.82 Å². The van der Waals surface area contributed by atoms with Crippen LogP contribution in [0.15, 0.2) is 18.2 Å². The summed E-state index contributed by atoms with van der Waals surface area (Å²) in [5.74, 6) is 1.74. The van der Waals surface area contributed by atoms with E-state index in [0.29, 0.717) is 91.5 Å². The number of nitrogens with zero attached hydrogens (tertiary/aromatic N) is 4. The lowest BCUT2D eigenvalue weighted by Crippen LogP contribution is -2.47. The molecule has 2 aromatic heterocycles. The van der Waals surface area contributed by atoms with Gasteiger partial charge in [0.1, 0.15) is 17.1 Å². The molecule has 4 rings (SSSR count). The zero-order chi connectivity index (χ0) is 34.7. The van der Waals surface area contributed by atoms with Gasteiger partial charge in [-0.25, -0.2) is 9.97 Å². The molecule has 0 amide bonds. The Labute approximate surface area is 291 Å². The van der Waals surface area contributed by atoms with Gasteiger partial charge in [-0.2, -0.15) is 0 Å². The molecule has 49 heavy (non-hydrogen) atoms. The third-order valence-electron chi connectivity index (χ3n) is 8.54. The number of pyridine rings is 1. The van der Waals surface area contributed by atoms with Crippen molar-refractivity contribution in [3.8, 4) is 0 Å². The Kier molecular flexibility index (Phi) is 17.5. The van der Waals surface area contributed by atoms with Gasteiger partial charge in [0.2, 0.25) is 0 Å². The largest absolute Gasteiger partial charge is 0.382 e. The third-order valence-corrected chi connectivity index (χ3v) is 8.54. The number of rotatable bonds is 26. The molecule has 0 unspecified atom stereocenters. The topological polar surface area (TPSA) is 147 Å². The highest BCUT2D eigenvalue weighted by molar-refractivity contribution is 6.07. The SMILES string of the molecule is CCCCc1nc2c(N)nc3ccc(N4CCN(CCOCCOCCOCCOCCOCCOCCC(=O)C(C)C)CC4)cc3c2[nH]1. The Morgan fingerprint density at radius 2 is 1.39 bits per heavy atom. The number of hydrogen-bond donors (Lipinski definition) is 2. The van der Waals surface area contributed by atoms with Crippen LogP contribution in [0, 0.1) is 5.92 Å². The number of aromatic nitrogens is 3. The number of carbonyl (C=O) groups is 1. The Hall–Kier alpha value is -2.91. The average Bonchev–Trinajstić information content (AvgIpc) is 3.55. The quantitative estimate of drug-likeness (QED) is 0.118. The molecule has 1 saturated heterocycles. The van der Waals surface area contributed by atoms with Crippen molar-refractivity contribution in [1.29, 1.82) is 0 Å². The number of anilines is 2. The molecule has 13 heteroatoms. The van der Waals surface area contributed by atoms with Crippen molar-refractivity contribution >= 4 is 39.2 Å². The summed E-state index contributed by atoms with van der Waals surface area (Å²) in [5.41, 5.74) is 10.1. The highest BCUT2D eigenvalue weighted by Gasteiger charge is 2.19. The first-order chi connectivity index (χ1) is 24.0. The summed E-state index contributed by atoms with van der Waals surface area (Å²) < 4.78 is 33.3. The minimum atomic E-state index is 0.0623. The Morgan fingerprint density at radius 3 is 1.96 bits per heavy atom. The number of hydrogen-bond acceptors (Lipinski definition) is 12. The van der Waals surface area contributed by atoms with E-state index in [4.69, 9.17) is 39.1 Å². The molecule has 1 aliphatic rings. The lowest BCUT2D eigenvalue weighted by Gasteiger charge is -2.36. The van der Waals surface area contributed by atoms with E-state index in [2.05, 4.69) is 44.9 Å². The summed E-state index contributed by atoms with van der Waals surface area (Å²) >= 11 is 0. The fourth-order valence-electron chi connectivity index (χ4n) is 5.55. The van der Waals surface area contributed by atoms with Crippen molar-refractivity contribution in [1.82, 2.24) is 19.9 Å². The number of nitrogens with one attached hydrogen (secondary N) is 1. The van der Waals surface area contributed by atoms with Gasteiger partial charge in [-0.3, -0.25) is 9.69 Å². The average molecular weight is 687 g/mol. The number of carbonyl (C=O) groups excluding carboxylic acids is 1. The highest BCUT2D eigenvalue weighted by Crippen LogP contribution is 2.30. The predicted molar refractivity (Wildman–Crippen MR) is 192 cm³/mol. The van der Waals surface area contributed by atoms with Crippen LogP contribution in [-0.2, 0) is 39.6 Å². The Bertz CT molecular complexity index is 1380. The number of unbranched alkanes of at least 4 members (excludes halogenated alkanes) is 1. The van der Waals surface area contributed by atoms with E-state index in [1.807, 2.05) is 13.8 Å². The van der Waals surface area contributed by atoms with Crippen LogP contribution in [-0.4, -0.2) is 138 Å². The van der Waals surface area contributed by atoms with E-state index in [9.17, 15) is 4.79 Å². The summed E-state index contributed by atoms with van der Waals surface area (Å²) in [6.45, 7) is 17.1. The number of nitrogens with two attached hydrogens (primary N) is 1. The minimum absolute atomic E-state index is 0.0623. The summed E-state index contributed by atoms with van der Waals surface area (Å²) in [6, 6.07) is 6.43. The summed E-state index contributed by atoms with van der Waals surface area (Å²) in [5, 5.41) is 1.07. The second kappa shape index (κ2) is 22.0. The number of benzene rings is 1. The van der Waals surface area contributed by atoms with Crippen molar-refractivity contribution in [3.05, 3.63) is 24.0 Å². The van der Waals surface area contributed by atoms with Crippen LogP contribution in [0.3, 0.4) is 0 Å².